The van der Waals surface area contributed by atoms with Gasteiger partial charge in [0.1, 0.15) is 6.10 Å². The Labute approximate surface area is 112 Å². The Bertz CT molecular complexity index is 340. The van der Waals surface area contributed by atoms with Crippen LogP contribution in [0.1, 0.15) is 43.6 Å². The fourth-order valence-corrected chi connectivity index (χ4v) is 2.55. The summed E-state index contributed by atoms with van der Waals surface area (Å²) in [5.74, 6) is -0.823. The second-order valence-electron chi connectivity index (χ2n) is 4.31. The van der Waals surface area contributed by atoms with Crippen LogP contribution in [0.2, 0.25) is 0 Å². The molecular formula is C13H21NO3S. The molecule has 18 heavy (non-hydrogen) atoms. The Morgan fingerprint density at radius 1 is 1.56 bits per heavy atom. The van der Waals surface area contributed by atoms with E-state index in [9.17, 15) is 9.90 Å². The number of carboxylic acids is 1. The van der Waals surface area contributed by atoms with Crippen LogP contribution in [-0.2, 0) is 4.79 Å². The maximum Gasteiger partial charge on any atom is 0.303 e. The van der Waals surface area contributed by atoms with Crippen molar-refractivity contribution in [2.24, 2.45) is 0 Å². The lowest BCUT2D eigenvalue weighted by Crippen LogP contribution is -2.35. The number of hydrogen-bond donors (Lipinski definition) is 3. The number of carbonyl (C=O) groups is 1. The van der Waals surface area contributed by atoms with Crippen LogP contribution >= 0.6 is 11.3 Å². The Morgan fingerprint density at radius 3 is 2.89 bits per heavy atom. The molecular weight excluding hydrogens is 250 g/mol. The topological polar surface area (TPSA) is 69.6 Å². The van der Waals surface area contributed by atoms with Crippen LogP contribution in [0, 0.1) is 0 Å². The number of thiophene rings is 1. The predicted molar refractivity (Wildman–Crippen MR) is 72.8 cm³/mol. The van der Waals surface area contributed by atoms with Gasteiger partial charge in [-0.15, -0.1) is 11.3 Å². The van der Waals surface area contributed by atoms with Crippen molar-refractivity contribution in [3.63, 3.8) is 0 Å². The van der Waals surface area contributed by atoms with Gasteiger partial charge in [-0.2, -0.15) is 0 Å². The van der Waals surface area contributed by atoms with Crippen LogP contribution in [0.4, 0.5) is 0 Å². The van der Waals surface area contributed by atoms with Gasteiger partial charge in [0.15, 0.2) is 0 Å². The van der Waals surface area contributed by atoms with Crippen LogP contribution in [0.15, 0.2) is 17.5 Å². The SMILES string of the molecule is CCCCNC(CCC(=O)O)C(O)c1cccs1. The van der Waals surface area contributed by atoms with Crippen LogP contribution in [0.5, 0.6) is 0 Å². The normalized spacial score (nSPS) is 14.3. The van der Waals surface area contributed by atoms with Crippen molar-refractivity contribution in [3.05, 3.63) is 22.4 Å². The lowest BCUT2D eigenvalue weighted by atomic mass is 10.0. The van der Waals surface area contributed by atoms with Crippen molar-refractivity contribution in [1.29, 1.82) is 0 Å². The molecule has 0 saturated carbocycles. The Kier molecular flexibility index (Phi) is 6.93. The summed E-state index contributed by atoms with van der Waals surface area (Å²) in [6, 6.07) is 3.58. The Morgan fingerprint density at radius 2 is 2.33 bits per heavy atom. The van der Waals surface area contributed by atoms with Crippen molar-refractivity contribution in [1.82, 2.24) is 5.32 Å². The summed E-state index contributed by atoms with van der Waals surface area (Å²) in [5.41, 5.74) is 0. The molecule has 1 rings (SSSR count). The van der Waals surface area contributed by atoms with E-state index in [4.69, 9.17) is 5.11 Å². The zero-order chi connectivity index (χ0) is 13.4. The number of unbranched alkanes of at least 4 members (excludes halogenated alkanes) is 1. The molecule has 0 radical (unpaired) electrons. The molecule has 0 aliphatic carbocycles. The molecule has 0 spiro atoms. The third-order valence-electron chi connectivity index (χ3n) is 2.82. The van der Waals surface area contributed by atoms with Crippen molar-refractivity contribution >= 4 is 17.3 Å². The first-order valence-electron chi connectivity index (χ1n) is 6.31. The smallest absolute Gasteiger partial charge is 0.303 e. The van der Waals surface area contributed by atoms with E-state index in [0.717, 1.165) is 24.3 Å². The first kappa shape index (κ1) is 15.1. The van der Waals surface area contributed by atoms with E-state index in [0.29, 0.717) is 6.42 Å². The zero-order valence-electron chi connectivity index (χ0n) is 10.6. The van der Waals surface area contributed by atoms with E-state index in [1.807, 2.05) is 17.5 Å². The monoisotopic (exact) mass is 271 g/mol. The standard InChI is InChI=1S/C13H21NO3S/c1-2-3-8-14-10(6-7-12(15)16)13(17)11-5-4-9-18-11/h4-5,9-10,13-14,17H,2-3,6-8H2,1H3,(H,15,16). The van der Waals surface area contributed by atoms with Gasteiger partial charge >= 0.3 is 5.97 Å². The molecule has 0 amide bonds. The minimum absolute atomic E-state index is 0.0756. The Hall–Kier alpha value is -0.910. The lowest BCUT2D eigenvalue weighted by Gasteiger charge is -2.23. The quantitative estimate of drug-likeness (QED) is 0.603. The average molecular weight is 271 g/mol. The maximum absolute atomic E-state index is 10.6. The van der Waals surface area contributed by atoms with Gasteiger partial charge in [-0.3, -0.25) is 4.79 Å². The van der Waals surface area contributed by atoms with E-state index in [1.54, 1.807) is 0 Å². The number of carboxylic acid groups (broad SMARTS) is 1. The molecule has 102 valence electrons. The third-order valence-corrected chi connectivity index (χ3v) is 3.76. The lowest BCUT2D eigenvalue weighted by molar-refractivity contribution is -0.137. The number of hydrogen-bond acceptors (Lipinski definition) is 4. The summed E-state index contributed by atoms with van der Waals surface area (Å²) >= 11 is 1.50. The van der Waals surface area contributed by atoms with Crippen molar-refractivity contribution in [2.45, 2.75) is 44.8 Å². The Balaban J connectivity index is 2.54. The summed E-state index contributed by atoms with van der Waals surface area (Å²) in [7, 11) is 0. The largest absolute Gasteiger partial charge is 0.481 e. The second kappa shape index (κ2) is 8.24. The van der Waals surface area contributed by atoms with Gasteiger partial charge in [-0.25, -0.2) is 0 Å². The summed E-state index contributed by atoms with van der Waals surface area (Å²) in [6.07, 6.45) is 2.00. The summed E-state index contributed by atoms with van der Waals surface area (Å²) < 4.78 is 0. The van der Waals surface area contributed by atoms with E-state index in [1.165, 1.54) is 11.3 Å². The molecule has 0 aliphatic rings. The van der Waals surface area contributed by atoms with Crippen molar-refractivity contribution in [2.75, 3.05) is 6.54 Å². The predicted octanol–water partition coefficient (Wildman–Crippen LogP) is 2.40. The van der Waals surface area contributed by atoms with Crippen LogP contribution in [-0.4, -0.2) is 28.8 Å². The fraction of sp³-hybridized carbons (Fsp3) is 0.615. The molecule has 0 bridgehead atoms. The highest BCUT2D eigenvalue weighted by Gasteiger charge is 2.21. The highest BCUT2D eigenvalue weighted by atomic mass is 32.1. The van der Waals surface area contributed by atoms with Gasteiger partial charge < -0.3 is 15.5 Å². The summed E-state index contributed by atoms with van der Waals surface area (Å²) in [4.78, 5) is 11.5. The summed E-state index contributed by atoms with van der Waals surface area (Å²) in [5, 5.41) is 24.1. The number of aliphatic hydroxyl groups is 1. The van der Waals surface area contributed by atoms with Crippen molar-refractivity contribution < 1.29 is 15.0 Å². The van der Waals surface area contributed by atoms with E-state index in [-0.39, 0.29) is 12.5 Å². The molecule has 2 unspecified atom stereocenters. The number of nitrogens with one attached hydrogen (secondary N) is 1. The molecule has 0 fully saturated rings. The molecule has 1 aromatic heterocycles. The molecule has 2 atom stereocenters. The first-order valence-corrected chi connectivity index (χ1v) is 7.19. The van der Waals surface area contributed by atoms with Crippen LogP contribution in [0.25, 0.3) is 0 Å². The maximum atomic E-state index is 10.6. The number of rotatable bonds is 9. The van der Waals surface area contributed by atoms with Crippen LogP contribution < -0.4 is 5.32 Å². The van der Waals surface area contributed by atoms with E-state index >= 15 is 0 Å². The fourth-order valence-electron chi connectivity index (χ4n) is 1.77. The molecule has 1 heterocycles. The highest BCUT2D eigenvalue weighted by Crippen LogP contribution is 2.24. The summed E-state index contributed by atoms with van der Waals surface area (Å²) in [6.45, 7) is 2.91. The molecule has 0 saturated heterocycles. The third kappa shape index (κ3) is 5.16. The van der Waals surface area contributed by atoms with Gasteiger partial charge in [-0.1, -0.05) is 19.4 Å². The number of aliphatic hydroxyl groups excluding tert-OH is 1. The van der Waals surface area contributed by atoms with E-state index < -0.39 is 12.1 Å². The van der Waals surface area contributed by atoms with Crippen molar-refractivity contribution in [3.8, 4) is 0 Å². The molecule has 0 aliphatic heterocycles. The molecule has 4 nitrogen and oxygen atoms in total. The second-order valence-corrected chi connectivity index (χ2v) is 5.29. The number of aliphatic carboxylic acids is 1. The highest BCUT2D eigenvalue weighted by molar-refractivity contribution is 7.10. The van der Waals surface area contributed by atoms with Gasteiger partial charge in [0.2, 0.25) is 0 Å². The molecule has 1 aromatic rings. The molecule has 0 aromatic carbocycles. The molecule has 5 heteroatoms. The van der Waals surface area contributed by atoms with Gasteiger partial charge in [0.25, 0.3) is 0 Å². The minimum Gasteiger partial charge on any atom is -0.481 e. The van der Waals surface area contributed by atoms with Crippen LogP contribution in [0.3, 0.4) is 0 Å². The minimum atomic E-state index is -0.823. The average Bonchev–Trinajstić information content (AvgIpc) is 2.86. The molecule has 3 N–H and O–H groups in total. The van der Waals surface area contributed by atoms with Gasteiger partial charge in [-0.05, 0) is 30.8 Å². The van der Waals surface area contributed by atoms with Gasteiger partial charge in [0.05, 0.1) is 0 Å². The van der Waals surface area contributed by atoms with E-state index in [2.05, 4.69) is 12.2 Å². The first-order chi connectivity index (χ1) is 8.65. The zero-order valence-corrected chi connectivity index (χ0v) is 11.4. The van der Waals surface area contributed by atoms with Gasteiger partial charge in [0, 0.05) is 17.3 Å².